The van der Waals surface area contributed by atoms with Crippen molar-refractivity contribution in [2.24, 2.45) is 0 Å². The zero-order valence-corrected chi connectivity index (χ0v) is 11.0. The van der Waals surface area contributed by atoms with Gasteiger partial charge in [0.15, 0.2) is 0 Å². The number of nitrogens with zero attached hydrogens (tertiary/aromatic N) is 1. The van der Waals surface area contributed by atoms with E-state index in [9.17, 15) is 4.79 Å². The Labute approximate surface area is 113 Å². The molecular formula is C14H18N2O3. The second-order valence-electron chi connectivity index (χ2n) is 3.87. The van der Waals surface area contributed by atoms with Gasteiger partial charge < -0.3 is 14.8 Å². The van der Waals surface area contributed by atoms with Crippen LogP contribution in [0.5, 0.6) is 0 Å². The Balaban J connectivity index is 2.34. The van der Waals surface area contributed by atoms with Gasteiger partial charge in [-0.2, -0.15) is 5.26 Å². The number of carbonyl (C=O) groups is 1. The lowest BCUT2D eigenvalue weighted by molar-refractivity contribution is -0.121. The fourth-order valence-electron chi connectivity index (χ4n) is 1.52. The first-order valence-corrected chi connectivity index (χ1v) is 6.08. The summed E-state index contributed by atoms with van der Waals surface area (Å²) >= 11 is 0. The maximum atomic E-state index is 11.8. The van der Waals surface area contributed by atoms with Gasteiger partial charge >= 0.3 is 0 Å². The summed E-state index contributed by atoms with van der Waals surface area (Å²) in [6.45, 7) is 1.81. The molecule has 0 fully saturated rings. The molecule has 0 heterocycles. The summed E-state index contributed by atoms with van der Waals surface area (Å²) in [4.78, 5) is 11.8. The highest BCUT2D eigenvalue weighted by atomic mass is 16.5. The topological polar surface area (TPSA) is 71.3 Å². The van der Waals surface area contributed by atoms with E-state index in [0.29, 0.717) is 31.9 Å². The summed E-state index contributed by atoms with van der Waals surface area (Å²) in [6, 6.07) is 11.0. The van der Waals surface area contributed by atoms with Gasteiger partial charge in [-0.25, -0.2) is 0 Å². The number of rotatable bonds is 8. The third kappa shape index (κ3) is 5.51. The molecule has 19 heavy (non-hydrogen) atoms. The number of carbonyl (C=O) groups excluding carboxylic acids is 1. The van der Waals surface area contributed by atoms with Crippen molar-refractivity contribution >= 4 is 5.91 Å². The summed E-state index contributed by atoms with van der Waals surface area (Å²) in [5.41, 5.74) is 0.697. The molecule has 1 aromatic rings. The second-order valence-corrected chi connectivity index (χ2v) is 3.87. The summed E-state index contributed by atoms with van der Waals surface area (Å²) in [5.74, 6) is -1.08. The lowest BCUT2D eigenvalue weighted by Crippen LogP contribution is -2.31. The maximum absolute atomic E-state index is 11.8. The van der Waals surface area contributed by atoms with E-state index in [1.807, 2.05) is 12.1 Å². The van der Waals surface area contributed by atoms with Crippen molar-refractivity contribution in [3.05, 3.63) is 35.9 Å². The Morgan fingerprint density at radius 2 is 2.05 bits per heavy atom. The van der Waals surface area contributed by atoms with Crippen molar-refractivity contribution in [2.75, 3.05) is 33.5 Å². The van der Waals surface area contributed by atoms with Gasteiger partial charge in [0, 0.05) is 13.7 Å². The van der Waals surface area contributed by atoms with Crippen molar-refractivity contribution in [2.45, 2.75) is 5.92 Å². The maximum Gasteiger partial charge on any atom is 0.241 e. The van der Waals surface area contributed by atoms with Crippen molar-refractivity contribution in [1.29, 1.82) is 5.26 Å². The first-order valence-electron chi connectivity index (χ1n) is 6.08. The van der Waals surface area contributed by atoms with E-state index < -0.39 is 5.92 Å². The van der Waals surface area contributed by atoms with Crippen molar-refractivity contribution in [3.63, 3.8) is 0 Å². The summed E-state index contributed by atoms with van der Waals surface area (Å²) in [7, 11) is 1.60. The van der Waals surface area contributed by atoms with Crippen LogP contribution in [0, 0.1) is 11.3 Å². The van der Waals surface area contributed by atoms with Crippen LogP contribution < -0.4 is 5.32 Å². The zero-order chi connectivity index (χ0) is 13.9. The monoisotopic (exact) mass is 262 g/mol. The molecule has 1 amide bonds. The summed E-state index contributed by atoms with van der Waals surface area (Å²) < 4.78 is 10.0. The van der Waals surface area contributed by atoms with Crippen molar-refractivity contribution < 1.29 is 14.3 Å². The van der Waals surface area contributed by atoms with Crippen LogP contribution in [0.25, 0.3) is 0 Å². The molecule has 0 aliphatic carbocycles. The third-order valence-electron chi connectivity index (χ3n) is 2.50. The molecule has 0 aromatic heterocycles. The highest BCUT2D eigenvalue weighted by Crippen LogP contribution is 2.14. The fourth-order valence-corrected chi connectivity index (χ4v) is 1.52. The molecule has 102 valence electrons. The van der Waals surface area contributed by atoms with E-state index >= 15 is 0 Å². The third-order valence-corrected chi connectivity index (χ3v) is 2.50. The molecule has 1 rings (SSSR count). The lowest BCUT2D eigenvalue weighted by Gasteiger charge is -2.10. The van der Waals surface area contributed by atoms with Gasteiger partial charge in [0.1, 0.15) is 5.92 Å². The molecule has 1 aromatic carbocycles. The van der Waals surface area contributed by atoms with Crippen molar-refractivity contribution in [1.82, 2.24) is 5.32 Å². The Bertz CT molecular complexity index is 414. The van der Waals surface area contributed by atoms with Gasteiger partial charge in [0.25, 0.3) is 0 Å². The first-order chi connectivity index (χ1) is 9.29. The average Bonchev–Trinajstić information content (AvgIpc) is 2.45. The van der Waals surface area contributed by atoms with Gasteiger partial charge in [-0.3, -0.25) is 4.79 Å². The van der Waals surface area contributed by atoms with Crippen LogP contribution in [0.1, 0.15) is 11.5 Å². The zero-order valence-electron chi connectivity index (χ0n) is 11.0. The van der Waals surface area contributed by atoms with E-state index in [1.165, 1.54) is 0 Å². The minimum atomic E-state index is -0.778. The number of hydrogen-bond acceptors (Lipinski definition) is 4. The van der Waals surface area contributed by atoms with Gasteiger partial charge in [0.2, 0.25) is 5.91 Å². The van der Waals surface area contributed by atoms with Crippen LogP contribution >= 0.6 is 0 Å². The fraction of sp³-hybridized carbons (Fsp3) is 0.429. The normalized spacial score (nSPS) is 11.6. The molecule has 0 saturated heterocycles. The minimum Gasteiger partial charge on any atom is -0.382 e. The van der Waals surface area contributed by atoms with E-state index in [1.54, 1.807) is 31.4 Å². The Kier molecular flexibility index (Phi) is 7.25. The Hall–Kier alpha value is -1.90. The van der Waals surface area contributed by atoms with E-state index in [0.717, 1.165) is 0 Å². The van der Waals surface area contributed by atoms with Crippen LogP contribution in [0.3, 0.4) is 0 Å². The van der Waals surface area contributed by atoms with Crippen LogP contribution in [0.15, 0.2) is 30.3 Å². The quantitative estimate of drug-likeness (QED) is 0.711. The highest BCUT2D eigenvalue weighted by Gasteiger charge is 2.18. The van der Waals surface area contributed by atoms with E-state index in [4.69, 9.17) is 14.7 Å². The van der Waals surface area contributed by atoms with E-state index in [-0.39, 0.29) is 5.91 Å². The molecule has 0 aliphatic rings. The van der Waals surface area contributed by atoms with Crippen LogP contribution in [-0.4, -0.2) is 39.4 Å². The number of nitriles is 1. The first kappa shape index (κ1) is 15.2. The molecule has 0 aliphatic heterocycles. The van der Waals surface area contributed by atoms with Crippen molar-refractivity contribution in [3.8, 4) is 6.07 Å². The number of nitrogens with one attached hydrogen (secondary N) is 1. The minimum absolute atomic E-state index is 0.302. The number of hydrogen-bond donors (Lipinski definition) is 1. The summed E-state index contributed by atoms with van der Waals surface area (Å²) in [6.07, 6.45) is 0. The van der Waals surface area contributed by atoms with Crippen LogP contribution in [0.4, 0.5) is 0 Å². The van der Waals surface area contributed by atoms with Gasteiger partial charge in [0.05, 0.1) is 25.9 Å². The number of amides is 1. The molecule has 5 nitrogen and oxygen atoms in total. The smallest absolute Gasteiger partial charge is 0.241 e. The van der Waals surface area contributed by atoms with Gasteiger partial charge in [-0.1, -0.05) is 30.3 Å². The standard InChI is InChI=1S/C14H18N2O3/c1-18-9-10-19-8-7-16-14(17)13(11-15)12-5-3-2-4-6-12/h2-6,13H,7-10H2,1H3,(H,16,17). The lowest BCUT2D eigenvalue weighted by atomic mass is 10.00. The van der Waals surface area contributed by atoms with Gasteiger partial charge in [-0.05, 0) is 5.56 Å². The molecule has 1 N–H and O–H groups in total. The molecule has 0 radical (unpaired) electrons. The largest absolute Gasteiger partial charge is 0.382 e. The molecule has 0 saturated carbocycles. The predicted molar refractivity (Wildman–Crippen MR) is 70.5 cm³/mol. The van der Waals surface area contributed by atoms with E-state index in [2.05, 4.69) is 5.32 Å². The number of benzene rings is 1. The highest BCUT2D eigenvalue weighted by molar-refractivity contribution is 5.86. The molecule has 0 spiro atoms. The molecular weight excluding hydrogens is 244 g/mol. The molecule has 5 heteroatoms. The SMILES string of the molecule is COCCOCCNC(=O)C(C#N)c1ccccc1. The molecule has 1 atom stereocenters. The van der Waals surface area contributed by atoms with Crippen LogP contribution in [-0.2, 0) is 14.3 Å². The van der Waals surface area contributed by atoms with Gasteiger partial charge in [-0.15, -0.1) is 0 Å². The Morgan fingerprint density at radius 3 is 2.68 bits per heavy atom. The predicted octanol–water partition coefficient (Wildman–Crippen LogP) is 1.07. The Morgan fingerprint density at radius 1 is 1.32 bits per heavy atom. The summed E-state index contributed by atoms with van der Waals surface area (Å²) in [5, 5.41) is 11.7. The number of ether oxygens (including phenoxy) is 2. The second kappa shape index (κ2) is 9.09. The molecule has 1 unspecified atom stereocenters. The number of methoxy groups -OCH3 is 1. The molecule has 0 bridgehead atoms. The average molecular weight is 262 g/mol. The van der Waals surface area contributed by atoms with Crippen LogP contribution in [0.2, 0.25) is 0 Å².